The molecule has 0 spiro atoms. The summed E-state index contributed by atoms with van der Waals surface area (Å²) in [5.41, 5.74) is 6.01. The number of halogens is 2. The normalized spacial score (nSPS) is 12.3. The first-order valence-corrected chi connectivity index (χ1v) is 5.82. The lowest BCUT2D eigenvalue weighted by molar-refractivity contribution is -0.131. The standard InChI is InChI=1S/C13H18F2N2O/c1-9(7-16)5-13(18)17(2)8-10-3-4-11(14)12(15)6-10/h3-4,6,9H,5,7-8,16H2,1-2H3. The molecule has 1 aromatic rings. The Labute approximate surface area is 106 Å². The first-order chi connectivity index (χ1) is 8.43. The predicted octanol–water partition coefficient (Wildman–Crippen LogP) is 1.91. The molecule has 0 saturated heterocycles. The molecule has 0 radical (unpaired) electrons. The monoisotopic (exact) mass is 256 g/mol. The number of nitrogens with two attached hydrogens (primary N) is 1. The smallest absolute Gasteiger partial charge is 0.222 e. The number of carbonyl (C=O) groups is 1. The minimum atomic E-state index is -0.899. The van der Waals surface area contributed by atoms with Crippen molar-refractivity contribution in [3.05, 3.63) is 35.4 Å². The van der Waals surface area contributed by atoms with Crippen LogP contribution in [0, 0.1) is 17.6 Å². The van der Waals surface area contributed by atoms with Gasteiger partial charge in [-0.15, -0.1) is 0 Å². The van der Waals surface area contributed by atoms with Crippen LogP contribution in [-0.4, -0.2) is 24.4 Å². The van der Waals surface area contributed by atoms with Crippen molar-refractivity contribution in [1.29, 1.82) is 0 Å². The summed E-state index contributed by atoms with van der Waals surface area (Å²) in [5, 5.41) is 0. The number of carbonyl (C=O) groups excluding carboxylic acids is 1. The maximum absolute atomic E-state index is 13.0. The SMILES string of the molecule is CC(CN)CC(=O)N(C)Cc1ccc(F)c(F)c1. The van der Waals surface area contributed by atoms with Gasteiger partial charge < -0.3 is 10.6 Å². The molecule has 1 rings (SSSR count). The third-order valence-corrected chi connectivity index (χ3v) is 2.75. The van der Waals surface area contributed by atoms with E-state index in [1.807, 2.05) is 6.92 Å². The van der Waals surface area contributed by atoms with E-state index in [0.717, 1.165) is 12.1 Å². The van der Waals surface area contributed by atoms with Gasteiger partial charge in [0.15, 0.2) is 11.6 Å². The first-order valence-electron chi connectivity index (χ1n) is 5.82. The van der Waals surface area contributed by atoms with E-state index in [0.29, 0.717) is 18.5 Å². The van der Waals surface area contributed by atoms with Gasteiger partial charge in [0.2, 0.25) is 5.91 Å². The maximum Gasteiger partial charge on any atom is 0.222 e. The van der Waals surface area contributed by atoms with Crippen LogP contribution in [0.15, 0.2) is 18.2 Å². The number of rotatable bonds is 5. The van der Waals surface area contributed by atoms with E-state index in [4.69, 9.17) is 5.73 Å². The van der Waals surface area contributed by atoms with Gasteiger partial charge in [0.25, 0.3) is 0 Å². The molecule has 0 aliphatic carbocycles. The van der Waals surface area contributed by atoms with Crippen LogP contribution in [0.2, 0.25) is 0 Å². The van der Waals surface area contributed by atoms with Crippen molar-refractivity contribution in [1.82, 2.24) is 4.90 Å². The Morgan fingerprint density at radius 2 is 2.06 bits per heavy atom. The molecule has 2 N–H and O–H groups in total. The molecular weight excluding hydrogens is 238 g/mol. The Morgan fingerprint density at radius 3 is 2.61 bits per heavy atom. The highest BCUT2D eigenvalue weighted by Gasteiger charge is 2.13. The molecule has 0 heterocycles. The fourth-order valence-electron chi connectivity index (χ4n) is 1.54. The molecule has 5 heteroatoms. The van der Waals surface area contributed by atoms with Gasteiger partial charge in [-0.25, -0.2) is 8.78 Å². The van der Waals surface area contributed by atoms with E-state index in [9.17, 15) is 13.6 Å². The molecule has 3 nitrogen and oxygen atoms in total. The Hall–Kier alpha value is -1.49. The minimum absolute atomic E-state index is 0.0577. The largest absolute Gasteiger partial charge is 0.341 e. The van der Waals surface area contributed by atoms with E-state index in [2.05, 4.69) is 0 Å². The van der Waals surface area contributed by atoms with Gasteiger partial charge in [0.05, 0.1) is 0 Å². The van der Waals surface area contributed by atoms with Crippen LogP contribution in [0.4, 0.5) is 8.78 Å². The Bertz CT molecular complexity index is 423. The summed E-state index contributed by atoms with van der Waals surface area (Å²) in [6.45, 7) is 2.60. The van der Waals surface area contributed by atoms with Crippen molar-refractivity contribution in [2.75, 3.05) is 13.6 Å². The zero-order valence-corrected chi connectivity index (χ0v) is 10.6. The summed E-state index contributed by atoms with van der Waals surface area (Å²) in [6.07, 6.45) is 0.358. The summed E-state index contributed by atoms with van der Waals surface area (Å²) in [6, 6.07) is 3.63. The average Bonchev–Trinajstić information content (AvgIpc) is 2.33. The molecule has 0 saturated carbocycles. The lowest BCUT2D eigenvalue weighted by Gasteiger charge is -2.19. The van der Waals surface area contributed by atoms with Crippen LogP contribution in [0.3, 0.4) is 0 Å². The molecule has 1 atom stereocenters. The van der Waals surface area contributed by atoms with E-state index >= 15 is 0 Å². The van der Waals surface area contributed by atoms with Gasteiger partial charge in [-0.3, -0.25) is 4.79 Å². The minimum Gasteiger partial charge on any atom is -0.341 e. The summed E-state index contributed by atoms with van der Waals surface area (Å²) in [7, 11) is 1.63. The zero-order chi connectivity index (χ0) is 13.7. The van der Waals surface area contributed by atoms with E-state index < -0.39 is 11.6 Å². The van der Waals surface area contributed by atoms with Crippen LogP contribution >= 0.6 is 0 Å². The zero-order valence-electron chi connectivity index (χ0n) is 10.6. The highest BCUT2D eigenvalue weighted by Crippen LogP contribution is 2.11. The molecule has 0 aliphatic heterocycles. The molecule has 0 bridgehead atoms. The topological polar surface area (TPSA) is 46.3 Å². The lowest BCUT2D eigenvalue weighted by atomic mass is 10.1. The van der Waals surface area contributed by atoms with E-state index in [-0.39, 0.29) is 18.4 Å². The van der Waals surface area contributed by atoms with Gasteiger partial charge in [-0.1, -0.05) is 13.0 Å². The van der Waals surface area contributed by atoms with E-state index in [1.165, 1.54) is 11.0 Å². The highest BCUT2D eigenvalue weighted by atomic mass is 19.2. The third-order valence-electron chi connectivity index (χ3n) is 2.75. The van der Waals surface area contributed by atoms with E-state index in [1.54, 1.807) is 7.05 Å². The van der Waals surface area contributed by atoms with Gasteiger partial charge >= 0.3 is 0 Å². The van der Waals surface area contributed by atoms with Crippen LogP contribution in [0.1, 0.15) is 18.9 Å². The second-order valence-corrected chi connectivity index (χ2v) is 4.54. The Kier molecular flexibility index (Phi) is 5.22. The molecule has 18 heavy (non-hydrogen) atoms. The number of nitrogens with zero attached hydrogens (tertiary/aromatic N) is 1. The van der Waals surface area contributed by atoms with Crippen LogP contribution in [0.5, 0.6) is 0 Å². The molecule has 1 amide bonds. The van der Waals surface area contributed by atoms with Crippen molar-refractivity contribution in [2.45, 2.75) is 19.9 Å². The van der Waals surface area contributed by atoms with Crippen molar-refractivity contribution in [3.8, 4) is 0 Å². The molecular formula is C13H18F2N2O. The van der Waals surface area contributed by atoms with Crippen LogP contribution < -0.4 is 5.73 Å². The quantitative estimate of drug-likeness (QED) is 0.874. The fraction of sp³-hybridized carbons (Fsp3) is 0.462. The second kappa shape index (κ2) is 6.44. The van der Waals surface area contributed by atoms with Crippen LogP contribution in [0.25, 0.3) is 0 Å². The van der Waals surface area contributed by atoms with Gasteiger partial charge in [-0.2, -0.15) is 0 Å². The summed E-state index contributed by atoms with van der Waals surface area (Å²) in [5.74, 6) is -1.73. The third kappa shape index (κ3) is 4.07. The molecule has 0 fully saturated rings. The van der Waals surface area contributed by atoms with Crippen LogP contribution in [-0.2, 0) is 11.3 Å². The van der Waals surface area contributed by atoms with Crippen molar-refractivity contribution >= 4 is 5.91 Å². The molecule has 1 aromatic carbocycles. The molecule has 0 aliphatic rings. The predicted molar refractivity (Wildman–Crippen MR) is 65.7 cm³/mol. The van der Waals surface area contributed by atoms with Gasteiger partial charge in [-0.05, 0) is 30.2 Å². The fourth-order valence-corrected chi connectivity index (χ4v) is 1.54. The molecule has 0 aromatic heterocycles. The summed E-state index contributed by atoms with van der Waals surface area (Å²) < 4.78 is 25.7. The lowest BCUT2D eigenvalue weighted by Crippen LogP contribution is -2.29. The second-order valence-electron chi connectivity index (χ2n) is 4.54. The van der Waals surface area contributed by atoms with Crippen molar-refractivity contribution < 1.29 is 13.6 Å². The number of amides is 1. The van der Waals surface area contributed by atoms with Crippen molar-refractivity contribution in [3.63, 3.8) is 0 Å². The van der Waals surface area contributed by atoms with Crippen molar-refractivity contribution in [2.24, 2.45) is 11.7 Å². The number of hydrogen-bond acceptors (Lipinski definition) is 2. The van der Waals surface area contributed by atoms with Gasteiger partial charge in [0.1, 0.15) is 0 Å². The Morgan fingerprint density at radius 1 is 1.39 bits per heavy atom. The highest BCUT2D eigenvalue weighted by molar-refractivity contribution is 5.76. The number of benzene rings is 1. The summed E-state index contributed by atoms with van der Waals surface area (Å²) >= 11 is 0. The maximum atomic E-state index is 13.0. The molecule has 1 unspecified atom stereocenters. The summed E-state index contributed by atoms with van der Waals surface area (Å²) in [4.78, 5) is 13.3. The Balaban J connectivity index is 2.60. The molecule has 100 valence electrons. The average molecular weight is 256 g/mol. The van der Waals surface area contributed by atoms with Gasteiger partial charge in [0, 0.05) is 20.0 Å². The first kappa shape index (κ1) is 14.6. The number of hydrogen-bond donors (Lipinski definition) is 1.